The van der Waals surface area contributed by atoms with Gasteiger partial charge in [-0.05, 0) is 49.9 Å². The van der Waals surface area contributed by atoms with Gasteiger partial charge in [-0.1, -0.05) is 25.0 Å². The van der Waals surface area contributed by atoms with Crippen LogP contribution in [0.25, 0.3) is 0 Å². The standard InChI is InChI=1S/C19H28N2O2/c1-14-6-7-15(12-17(14)23-3)19(9-4-5-10-19)18(22)21(2)16-8-11-20-13-16/h6-7,12,16,20H,4-5,8-11,13H2,1-3H3. The molecule has 0 bridgehead atoms. The molecular weight excluding hydrogens is 288 g/mol. The summed E-state index contributed by atoms with van der Waals surface area (Å²) < 4.78 is 5.50. The van der Waals surface area contributed by atoms with Crippen LogP contribution in [0.3, 0.4) is 0 Å². The Hall–Kier alpha value is -1.55. The number of hydrogen-bond acceptors (Lipinski definition) is 3. The fraction of sp³-hybridized carbons (Fsp3) is 0.632. The molecule has 1 saturated heterocycles. The van der Waals surface area contributed by atoms with Gasteiger partial charge in [-0.3, -0.25) is 4.79 Å². The maximum atomic E-state index is 13.4. The van der Waals surface area contributed by atoms with Gasteiger partial charge in [0.15, 0.2) is 0 Å². The number of carbonyl (C=O) groups excluding carboxylic acids is 1. The molecule has 0 spiro atoms. The molecule has 1 saturated carbocycles. The van der Waals surface area contributed by atoms with E-state index in [1.807, 2.05) is 18.9 Å². The number of carbonyl (C=O) groups is 1. The van der Waals surface area contributed by atoms with E-state index >= 15 is 0 Å². The Balaban J connectivity index is 1.94. The van der Waals surface area contributed by atoms with Crippen LogP contribution in [0.2, 0.25) is 0 Å². The maximum Gasteiger partial charge on any atom is 0.233 e. The lowest BCUT2D eigenvalue weighted by Gasteiger charge is -2.36. The van der Waals surface area contributed by atoms with Crippen molar-refractivity contribution in [3.8, 4) is 5.75 Å². The van der Waals surface area contributed by atoms with Crippen molar-refractivity contribution in [2.24, 2.45) is 0 Å². The first kappa shape index (κ1) is 16.3. The van der Waals surface area contributed by atoms with Gasteiger partial charge in [0.25, 0.3) is 0 Å². The van der Waals surface area contributed by atoms with Gasteiger partial charge in [0.1, 0.15) is 5.75 Å². The fourth-order valence-corrected chi connectivity index (χ4v) is 4.20. The number of hydrogen-bond donors (Lipinski definition) is 1. The minimum atomic E-state index is -0.363. The molecular formula is C19H28N2O2. The summed E-state index contributed by atoms with van der Waals surface area (Å²) in [6.45, 7) is 3.96. The highest BCUT2D eigenvalue weighted by Gasteiger charge is 2.45. The van der Waals surface area contributed by atoms with Crippen molar-refractivity contribution in [1.29, 1.82) is 0 Å². The number of nitrogens with one attached hydrogen (secondary N) is 1. The molecule has 23 heavy (non-hydrogen) atoms. The number of aryl methyl sites for hydroxylation is 1. The van der Waals surface area contributed by atoms with E-state index in [9.17, 15) is 4.79 Å². The van der Waals surface area contributed by atoms with E-state index in [0.717, 1.165) is 62.1 Å². The van der Waals surface area contributed by atoms with Crippen LogP contribution in [0.5, 0.6) is 5.75 Å². The molecule has 1 amide bonds. The van der Waals surface area contributed by atoms with Crippen molar-refractivity contribution in [3.05, 3.63) is 29.3 Å². The van der Waals surface area contributed by atoms with Gasteiger partial charge in [0.2, 0.25) is 5.91 Å². The third kappa shape index (κ3) is 2.85. The van der Waals surface area contributed by atoms with Crippen LogP contribution in [0.1, 0.15) is 43.2 Å². The van der Waals surface area contributed by atoms with Gasteiger partial charge < -0.3 is 15.0 Å². The molecule has 0 aromatic heterocycles. The number of methoxy groups -OCH3 is 1. The third-order valence-electron chi connectivity index (χ3n) is 5.73. The average Bonchev–Trinajstić information content (AvgIpc) is 3.26. The molecule has 1 atom stereocenters. The van der Waals surface area contributed by atoms with Gasteiger partial charge >= 0.3 is 0 Å². The Morgan fingerprint density at radius 3 is 2.70 bits per heavy atom. The first-order chi connectivity index (χ1) is 11.1. The number of nitrogens with zero attached hydrogens (tertiary/aromatic N) is 1. The van der Waals surface area contributed by atoms with E-state index in [2.05, 4.69) is 23.5 Å². The van der Waals surface area contributed by atoms with Crippen LogP contribution in [-0.4, -0.2) is 44.1 Å². The predicted molar refractivity (Wildman–Crippen MR) is 91.9 cm³/mol. The van der Waals surface area contributed by atoms with Crippen molar-refractivity contribution in [3.63, 3.8) is 0 Å². The zero-order chi connectivity index (χ0) is 16.4. The van der Waals surface area contributed by atoms with Crippen molar-refractivity contribution in [2.45, 2.75) is 50.5 Å². The molecule has 1 aromatic rings. The molecule has 1 aliphatic heterocycles. The van der Waals surface area contributed by atoms with E-state index in [4.69, 9.17) is 4.74 Å². The van der Waals surface area contributed by atoms with Crippen molar-refractivity contribution < 1.29 is 9.53 Å². The summed E-state index contributed by atoms with van der Waals surface area (Å²) >= 11 is 0. The van der Waals surface area contributed by atoms with E-state index in [1.54, 1.807) is 7.11 Å². The second-order valence-electron chi connectivity index (χ2n) is 7.04. The van der Waals surface area contributed by atoms with Gasteiger partial charge in [-0.15, -0.1) is 0 Å². The first-order valence-electron chi connectivity index (χ1n) is 8.71. The van der Waals surface area contributed by atoms with E-state index < -0.39 is 0 Å². The van der Waals surface area contributed by atoms with Gasteiger partial charge in [-0.2, -0.15) is 0 Å². The van der Waals surface area contributed by atoms with Gasteiger partial charge in [-0.25, -0.2) is 0 Å². The lowest BCUT2D eigenvalue weighted by atomic mass is 9.77. The fourth-order valence-electron chi connectivity index (χ4n) is 4.20. The van der Waals surface area contributed by atoms with E-state index in [-0.39, 0.29) is 11.3 Å². The Morgan fingerprint density at radius 1 is 1.35 bits per heavy atom. The summed E-state index contributed by atoms with van der Waals surface area (Å²) in [5.74, 6) is 1.17. The molecule has 0 radical (unpaired) electrons. The highest BCUT2D eigenvalue weighted by atomic mass is 16.5. The number of ether oxygens (including phenoxy) is 1. The van der Waals surface area contributed by atoms with Gasteiger partial charge in [0, 0.05) is 19.6 Å². The zero-order valence-electron chi connectivity index (χ0n) is 14.5. The minimum Gasteiger partial charge on any atom is -0.496 e. The molecule has 3 rings (SSSR count). The van der Waals surface area contributed by atoms with Crippen LogP contribution in [-0.2, 0) is 10.2 Å². The second kappa shape index (κ2) is 6.52. The Kier molecular flexibility index (Phi) is 4.62. The lowest BCUT2D eigenvalue weighted by Crippen LogP contribution is -2.48. The number of rotatable bonds is 4. The maximum absolute atomic E-state index is 13.4. The monoisotopic (exact) mass is 316 g/mol. The quantitative estimate of drug-likeness (QED) is 0.928. The molecule has 4 nitrogen and oxygen atoms in total. The normalized spacial score (nSPS) is 23.0. The average molecular weight is 316 g/mol. The summed E-state index contributed by atoms with van der Waals surface area (Å²) in [7, 11) is 3.68. The Bertz CT molecular complexity index is 573. The highest BCUT2D eigenvalue weighted by Crippen LogP contribution is 2.44. The zero-order valence-corrected chi connectivity index (χ0v) is 14.5. The van der Waals surface area contributed by atoms with Crippen molar-refractivity contribution in [2.75, 3.05) is 27.2 Å². The van der Waals surface area contributed by atoms with Crippen LogP contribution in [0.15, 0.2) is 18.2 Å². The van der Waals surface area contributed by atoms with E-state index in [1.165, 1.54) is 0 Å². The molecule has 126 valence electrons. The lowest BCUT2D eigenvalue weighted by molar-refractivity contribution is -0.137. The highest BCUT2D eigenvalue weighted by molar-refractivity contribution is 5.89. The van der Waals surface area contributed by atoms with Crippen molar-refractivity contribution >= 4 is 5.91 Å². The molecule has 2 aliphatic rings. The minimum absolute atomic E-state index is 0.287. The van der Waals surface area contributed by atoms with Crippen LogP contribution in [0.4, 0.5) is 0 Å². The summed E-state index contributed by atoms with van der Waals surface area (Å²) in [5.41, 5.74) is 1.88. The van der Waals surface area contributed by atoms with Crippen LogP contribution >= 0.6 is 0 Å². The van der Waals surface area contributed by atoms with Crippen molar-refractivity contribution in [1.82, 2.24) is 10.2 Å². The Morgan fingerprint density at radius 2 is 2.09 bits per heavy atom. The van der Waals surface area contributed by atoms with Gasteiger partial charge in [0.05, 0.1) is 12.5 Å². The molecule has 1 unspecified atom stereocenters. The Labute approximate surface area is 139 Å². The first-order valence-corrected chi connectivity index (χ1v) is 8.71. The molecule has 1 aliphatic carbocycles. The largest absolute Gasteiger partial charge is 0.496 e. The third-order valence-corrected chi connectivity index (χ3v) is 5.73. The summed E-state index contributed by atoms with van der Waals surface area (Å²) in [6.07, 6.45) is 5.19. The summed E-state index contributed by atoms with van der Waals surface area (Å²) in [6, 6.07) is 6.62. The summed E-state index contributed by atoms with van der Waals surface area (Å²) in [4.78, 5) is 15.4. The van der Waals surface area contributed by atoms with Crippen LogP contribution < -0.4 is 10.1 Å². The number of likely N-dealkylation sites (N-methyl/N-ethyl adjacent to an activating group) is 1. The molecule has 1 N–H and O–H groups in total. The predicted octanol–water partition coefficient (Wildman–Crippen LogP) is 2.64. The van der Waals surface area contributed by atoms with E-state index in [0.29, 0.717) is 6.04 Å². The number of benzene rings is 1. The summed E-state index contributed by atoms with van der Waals surface area (Å²) in [5, 5.41) is 3.36. The van der Waals surface area contributed by atoms with Crippen LogP contribution in [0, 0.1) is 6.92 Å². The topological polar surface area (TPSA) is 41.6 Å². The molecule has 1 heterocycles. The SMILES string of the molecule is COc1cc(C2(C(=O)N(C)C3CCNC3)CCCC2)ccc1C. The molecule has 2 fully saturated rings. The smallest absolute Gasteiger partial charge is 0.233 e. The number of amides is 1. The molecule has 1 aromatic carbocycles. The molecule has 4 heteroatoms. The second-order valence-corrected chi connectivity index (χ2v) is 7.04.